The number of carbonyl (C=O) groups is 1. The van der Waals surface area contributed by atoms with Gasteiger partial charge >= 0.3 is 6.18 Å². The largest absolute Gasteiger partial charge is 0.416 e. The second kappa shape index (κ2) is 10.0. The molecule has 1 amide bonds. The van der Waals surface area contributed by atoms with Gasteiger partial charge in [0.25, 0.3) is 5.91 Å². The summed E-state index contributed by atoms with van der Waals surface area (Å²) < 4.78 is 52.0. The predicted molar refractivity (Wildman–Crippen MR) is 122 cm³/mol. The first-order valence-electron chi connectivity index (χ1n) is 10.9. The number of alkyl halides is 3. The van der Waals surface area contributed by atoms with Crippen LogP contribution in [0, 0.1) is 11.7 Å². The highest BCUT2D eigenvalue weighted by Crippen LogP contribution is 2.32. The van der Waals surface area contributed by atoms with Crippen LogP contribution in [0.3, 0.4) is 0 Å². The zero-order chi connectivity index (χ0) is 24.3. The summed E-state index contributed by atoms with van der Waals surface area (Å²) in [5.74, 6) is 0.239. The molecule has 0 radical (unpaired) electrons. The molecule has 1 aliphatic rings. The van der Waals surface area contributed by atoms with Crippen LogP contribution < -0.4 is 10.6 Å². The van der Waals surface area contributed by atoms with E-state index in [1.165, 1.54) is 12.1 Å². The van der Waals surface area contributed by atoms with Gasteiger partial charge in [0.05, 0.1) is 21.8 Å². The normalized spacial score (nSPS) is 18.5. The van der Waals surface area contributed by atoms with Crippen molar-refractivity contribution in [1.82, 2.24) is 15.5 Å². The molecule has 10 heteroatoms. The van der Waals surface area contributed by atoms with Gasteiger partial charge < -0.3 is 10.6 Å². The fourth-order valence-electron chi connectivity index (χ4n) is 4.08. The molecule has 1 saturated carbocycles. The van der Waals surface area contributed by atoms with E-state index in [1.54, 1.807) is 12.1 Å². The van der Waals surface area contributed by atoms with E-state index in [0.717, 1.165) is 55.3 Å². The molecule has 0 aliphatic heterocycles. The van der Waals surface area contributed by atoms with Gasteiger partial charge in [-0.15, -0.1) is 0 Å². The summed E-state index contributed by atoms with van der Waals surface area (Å²) in [5, 5.41) is 13.3. The van der Waals surface area contributed by atoms with Crippen molar-refractivity contribution < 1.29 is 22.4 Å². The zero-order valence-electron chi connectivity index (χ0n) is 18.1. The Morgan fingerprint density at radius 2 is 1.76 bits per heavy atom. The molecular weight excluding hydrogens is 472 g/mol. The summed E-state index contributed by atoms with van der Waals surface area (Å²) in [6.07, 6.45) is -1.39. The monoisotopic (exact) mass is 494 g/mol. The maximum Gasteiger partial charge on any atom is 0.416 e. The number of aromatic nitrogens is 2. The van der Waals surface area contributed by atoms with Gasteiger partial charge in [-0.2, -0.15) is 18.3 Å². The minimum atomic E-state index is -4.54. The number of amides is 1. The second-order valence-corrected chi connectivity index (χ2v) is 8.85. The predicted octanol–water partition coefficient (Wildman–Crippen LogP) is 6.29. The molecule has 5 nitrogen and oxygen atoms in total. The topological polar surface area (TPSA) is 69.8 Å². The second-order valence-electron chi connectivity index (χ2n) is 8.44. The van der Waals surface area contributed by atoms with Crippen LogP contribution in [0.5, 0.6) is 0 Å². The highest BCUT2D eigenvalue weighted by atomic mass is 35.5. The van der Waals surface area contributed by atoms with Crippen LogP contribution in [-0.4, -0.2) is 28.7 Å². The molecule has 1 aliphatic carbocycles. The van der Waals surface area contributed by atoms with E-state index in [9.17, 15) is 22.4 Å². The first-order valence-corrected chi connectivity index (χ1v) is 11.3. The third-order valence-corrected chi connectivity index (χ3v) is 6.35. The average Bonchev–Trinajstić information content (AvgIpc) is 3.27. The van der Waals surface area contributed by atoms with Crippen molar-refractivity contribution in [3.8, 4) is 11.3 Å². The van der Waals surface area contributed by atoms with Gasteiger partial charge in [-0.3, -0.25) is 9.89 Å². The first-order chi connectivity index (χ1) is 16.2. The molecule has 180 valence electrons. The third-order valence-electron chi connectivity index (χ3n) is 6.02. The number of rotatable bonds is 6. The van der Waals surface area contributed by atoms with Gasteiger partial charge in [0.2, 0.25) is 0 Å². The molecular formula is C24H23ClF4N4O. The molecule has 4 rings (SSSR count). The molecule has 34 heavy (non-hydrogen) atoms. The number of aromatic amines is 1. The quantitative estimate of drug-likeness (QED) is 0.353. The molecule has 1 heterocycles. The van der Waals surface area contributed by atoms with E-state index in [4.69, 9.17) is 11.6 Å². The standard InChI is InChI=1S/C24H23ClF4N4O/c25-20-10-5-16(24(27,28)29)11-19(20)23(34)31-18-8-1-14(2-9-18)13-30-22-12-21(32-33-22)15-3-6-17(26)7-4-15/h3-7,10-12,14,18H,1-2,8-9,13H2,(H,31,34)(H2,30,32,33)/t14-,18+. The summed E-state index contributed by atoms with van der Waals surface area (Å²) in [5.41, 5.74) is 0.444. The van der Waals surface area contributed by atoms with Gasteiger partial charge in [-0.05, 0) is 74.1 Å². The van der Waals surface area contributed by atoms with Crippen molar-refractivity contribution in [3.05, 3.63) is 70.5 Å². The Balaban J connectivity index is 1.26. The Hall–Kier alpha value is -3.07. The van der Waals surface area contributed by atoms with Crippen LogP contribution in [0.2, 0.25) is 5.02 Å². The average molecular weight is 495 g/mol. The molecule has 2 aromatic carbocycles. The number of hydrogen-bond acceptors (Lipinski definition) is 3. The van der Waals surface area contributed by atoms with Crippen molar-refractivity contribution in [1.29, 1.82) is 0 Å². The van der Waals surface area contributed by atoms with E-state index in [-0.39, 0.29) is 22.4 Å². The summed E-state index contributed by atoms with van der Waals surface area (Å²) in [4.78, 5) is 12.5. The van der Waals surface area contributed by atoms with E-state index >= 15 is 0 Å². The highest BCUT2D eigenvalue weighted by Gasteiger charge is 2.32. The molecule has 3 N–H and O–H groups in total. The van der Waals surface area contributed by atoms with Crippen LogP contribution in [0.25, 0.3) is 11.3 Å². The van der Waals surface area contributed by atoms with Crippen molar-refractivity contribution in [3.63, 3.8) is 0 Å². The van der Waals surface area contributed by atoms with Crippen LogP contribution in [0.15, 0.2) is 48.5 Å². The smallest absolute Gasteiger partial charge is 0.370 e. The SMILES string of the molecule is O=C(N[C@H]1CC[C@@H](CNc2cc(-c3ccc(F)cc3)n[nH]2)CC1)c1cc(C(F)(F)F)ccc1Cl. The van der Waals surface area contributed by atoms with Gasteiger partial charge in [-0.25, -0.2) is 4.39 Å². The van der Waals surface area contributed by atoms with Crippen molar-refractivity contribution in [2.75, 3.05) is 11.9 Å². The third kappa shape index (κ3) is 5.88. The lowest BCUT2D eigenvalue weighted by Gasteiger charge is -2.29. The Morgan fingerprint density at radius 3 is 2.44 bits per heavy atom. The minimum absolute atomic E-state index is 0.0112. The van der Waals surface area contributed by atoms with E-state index in [0.29, 0.717) is 18.2 Å². The van der Waals surface area contributed by atoms with Crippen LogP contribution in [-0.2, 0) is 6.18 Å². The number of halogens is 5. The molecule has 0 unspecified atom stereocenters. The van der Waals surface area contributed by atoms with Gasteiger partial charge in [0, 0.05) is 24.2 Å². The molecule has 0 saturated heterocycles. The number of carbonyl (C=O) groups excluding carboxylic acids is 1. The fourth-order valence-corrected chi connectivity index (χ4v) is 4.29. The van der Waals surface area contributed by atoms with Crippen LogP contribution in [0.1, 0.15) is 41.6 Å². The number of benzene rings is 2. The molecule has 3 aromatic rings. The lowest BCUT2D eigenvalue weighted by Crippen LogP contribution is -2.38. The minimum Gasteiger partial charge on any atom is -0.370 e. The van der Waals surface area contributed by atoms with Gasteiger partial charge in [0.15, 0.2) is 0 Å². The summed E-state index contributed by atoms with van der Waals surface area (Å²) >= 11 is 5.97. The van der Waals surface area contributed by atoms with Gasteiger partial charge in [0.1, 0.15) is 11.6 Å². The Bertz CT molecular complexity index is 1140. The molecule has 1 fully saturated rings. The Kier molecular flexibility index (Phi) is 7.11. The zero-order valence-corrected chi connectivity index (χ0v) is 18.8. The van der Waals surface area contributed by atoms with Crippen LogP contribution >= 0.6 is 11.6 Å². The van der Waals surface area contributed by atoms with Gasteiger partial charge in [-0.1, -0.05) is 11.6 Å². The number of nitrogens with one attached hydrogen (secondary N) is 3. The van der Waals surface area contributed by atoms with Crippen LogP contribution in [0.4, 0.5) is 23.4 Å². The maximum absolute atomic E-state index is 13.1. The molecule has 1 aromatic heterocycles. The number of H-pyrrole nitrogens is 1. The summed E-state index contributed by atoms with van der Waals surface area (Å²) in [6.45, 7) is 0.713. The van der Waals surface area contributed by atoms with E-state index in [1.807, 2.05) is 6.07 Å². The molecule has 0 spiro atoms. The summed E-state index contributed by atoms with van der Waals surface area (Å²) in [6, 6.07) is 10.6. The van der Waals surface area contributed by atoms with Crippen molar-refractivity contribution in [2.24, 2.45) is 5.92 Å². The highest BCUT2D eigenvalue weighted by molar-refractivity contribution is 6.33. The van der Waals surface area contributed by atoms with Crippen molar-refractivity contribution in [2.45, 2.75) is 37.9 Å². The maximum atomic E-state index is 13.1. The van der Waals surface area contributed by atoms with Crippen molar-refractivity contribution >= 4 is 23.3 Å². The molecule has 0 bridgehead atoms. The number of nitrogens with zero attached hydrogens (tertiary/aromatic N) is 1. The number of hydrogen-bond donors (Lipinski definition) is 3. The number of anilines is 1. The van der Waals surface area contributed by atoms with E-state index in [2.05, 4.69) is 20.8 Å². The Labute approximate surface area is 198 Å². The molecule has 0 atom stereocenters. The first kappa shape index (κ1) is 24.1. The van der Waals surface area contributed by atoms with E-state index < -0.39 is 17.6 Å². The lowest BCUT2D eigenvalue weighted by atomic mass is 9.86. The summed E-state index contributed by atoms with van der Waals surface area (Å²) in [7, 11) is 0. The Morgan fingerprint density at radius 1 is 1.06 bits per heavy atom. The lowest BCUT2D eigenvalue weighted by molar-refractivity contribution is -0.137. The fraction of sp³-hybridized carbons (Fsp3) is 0.333.